The molecule has 2 aliphatic carbocycles. The van der Waals surface area contributed by atoms with Gasteiger partial charge in [0.2, 0.25) is 0 Å². The molecule has 0 aromatic heterocycles. The van der Waals surface area contributed by atoms with E-state index in [1.54, 1.807) is 19.1 Å². The molecule has 1 N–H and O–H groups in total. The van der Waals surface area contributed by atoms with Crippen molar-refractivity contribution < 1.29 is 37.3 Å². The van der Waals surface area contributed by atoms with E-state index in [1.807, 2.05) is 6.07 Å². The van der Waals surface area contributed by atoms with Gasteiger partial charge in [0.1, 0.15) is 11.8 Å². The van der Waals surface area contributed by atoms with Crippen LogP contribution in [0.3, 0.4) is 0 Å². The van der Waals surface area contributed by atoms with Crippen molar-refractivity contribution in [3.8, 4) is 6.07 Å². The molecule has 41 heavy (non-hydrogen) atoms. The van der Waals surface area contributed by atoms with Crippen LogP contribution in [0.25, 0.3) is 0 Å². The molecule has 1 aromatic carbocycles. The number of carboxylic acids is 1. The van der Waals surface area contributed by atoms with E-state index in [1.165, 1.54) is 18.3 Å². The number of ketones is 1. The van der Waals surface area contributed by atoms with Crippen LogP contribution in [-0.4, -0.2) is 64.0 Å². The topological polar surface area (TPSA) is 114 Å². The number of amides is 1. The Balaban J connectivity index is 1.63. The summed E-state index contributed by atoms with van der Waals surface area (Å²) in [5.74, 6) is -2.74. The number of Topliss-reactive ketones (excluding diaryl/α,β-unsaturated/α-hetero) is 1. The molecule has 0 spiro atoms. The standard InChI is InChI=1S/C30H33F3N4O4/c1-28(2)12-20(13-28)16-36(18-24(38)22-7-5-4-6-21(22)14-34)26(39)23-15-35-37(25(23)30(31,32)33)17-19-8-10-29(3,11-9-19)27(40)41/h4-7,15,17,19-20H,8-13,16,18H2,1-3H3/p+1. The summed E-state index contributed by atoms with van der Waals surface area (Å²) >= 11 is 0. The number of hydrazone groups is 1. The van der Waals surface area contributed by atoms with Crippen molar-refractivity contribution in [2.75, 3.05) is 13.1 Å². The largest absolute Gasteiger partial charge is 0.481 e. The highest BCUT2D eigenvalue weighted by molar-refractivity contribution is 6.14. The van der Waals surface area contributed by atoms with Gasteiger partial charge in [-0.2, -0.15) is 18.4 Å². The van der Waals surface area contributed by atoms with E-state index in [4.69, 9.17) is 0 Å². The lowest BCUT2D eigenvalue weighted by atomic mass is 9.64. The van der Waals surface area contributed by atoms with Crippen LogP contribution in [-0.2, 0) is 9.59 Å². The summed E-state index contributed by atoms with van der Waals surface area (Å²) in [4.78, 5) is 39.6. The number of carbonyl (C=O) groups is 3. The Kier molecular flexibility index (Phi) is 8.25. The predicted octanol–water partition coefficient (Wildman–Crippen LogP) is 5.19. The minimum absolute atomic E-state index is 0.0229. The van der Waals surface area contributed by atoms with Crippen molar-refractivity contribution in [1.29, 1.82) is 5.26 Å². The lowest BCUT2D eigenvalue weighted by molar-refractivity contribution is -0.503. The van der Waals surface area contributed by atoms with E-state index in [0.29, 0.717) is 30.4 Å². The number of hydrogen-bond acceptors (Lipinski definition) is 5. The molecule has 8 nitrogen and oxygen atoms in total. The molecule has 11 heteroatoms. The molecule has 1 aromatic rings. The minimum Gasteiger partial charge on any atom is -0.481 e. The van der Waals surface area contributed by atoms with Crippen LogP contribution in [0.2, 0.25) is 0 Å². The van der Waals surface area contributed by atoms with E-state index in [0.717, 1.165) is 24.0 Å². The fraction of sp³-hybridized carbons (Fsp3) is 0.533. The lowest BCUT2D eigenvalue weighted by Gasteiger charge is -2.44. The van der Waals surface area contributed by atoms with Crippen LogP contribution < -0.4 is 0 Å². The maximum absolute atomic E-state index is 14.4. The Morgan fingerprint density at radius 1 is 1.17 bits per heavy atom. The van der Waals surface area contributed by atoms with Gasteiger partial charge in [-0.3, -0.25) is 14.4 Å². The summed E-state index contributed by atoms with van der Waals surface area (Å²) in [5, 5.41) is 22.8. The van der Waals surface area contributed by atoms with Gasteiger partial charge in [0.25, 0.3) is 5.91 Å². The third-order valence-corrected chi connectivity index (χ3v) is 8.43. The summed E-state index contributed by atoms with van der Waals surface area (Å²) in [7, 11) is 0. The molecule has 218 valence electrons. The second kappa shape index (κ2) is 11.2. The molecule has 0 atom stereocenters. The van der Waals surface area contributed by atoms with Crippen molar-refractivity contribution in [2.24, 2.45) is 27.8 Å². The van der Waals surface area contributed by atoms with E-state index in [2.05, 4.69) is 18.9 Å². The van der Waals surface area contributed by atoms with Crippen LogP contribution in [0, 0.1) is 34.0 Å². The van der Waals surface area contributed by atoms with Gasteiger partial charge in [-0.25, -0.2) is 0 Å². The number of nitriles is 1. The molecule has 0 radical (unpaired) electrons. The first kappa shape index (κ1) is 30.2. The molecule has 2 fully saturated rings. The number of halogens is 3. The number of nitrogens with zero attached hydrogens (tertiary/aromatic N) is 4. The first-order chi connectivity index (χ1) is 19.1. The number of rotatable bonds is 8. The zero-order valence-electron chi connectivity index (χ0n) is 23.4. The summed E-state index contributed by atoms with van der Waals surface area (Å²) < 4.78 is 43.8. The molecule has 0 unspecified atom stereocenters. The smallest absolute Gasteiger partial charge is 0.481 e. The maximum atomic E-state index is 14.4. The number of carboxylic acid groups (broad SMARTS) is 1. The van der Waals surface area contributed by atoms with Crippen molar-refractivity contribution in [3.05, 3.63) is 46.7 Å². The molecule has 3 aliphatic rings. The molecule has 0 saturated heterocycles. The molecular weight excluding hydrogens is 537 g/mol. The third-order valence-electron chi connectivity index (χ3n) is 8.43. The summed E-state index contributed by atoms with van der Waals surface area (Å²) in [6.45, 7) is 5.39. The van der Waals surface area contributed by atoms with Gasteiger partial charge in [0.05, 0.1) is 23.6 Å². The monoisotopic (exact) mass is 571 g/mol. The van der Waals surface area contributed by atoms with Gasteiger partial charge in [-0.15, -0.1) is 0 Å². The Morgan fingerprint density at radius 2 is 1.80 bits per heavy atom. The predicted molar refractivity (Wildman–Crippen MR) is 144 cm³/mol. The van der Waals surface area contributed by atoms with Crippen LogP contribution in [0.15, 0.2) is 40.6 Å². The Hall–Kier alpha value is -3.81. The van der Waals surface area contributed by atoms with Crippen LogP contribution in [0.1, 0.15) is 75.2 Å². The molecule has 1 heterocycles. The number of alkyl halides is 3. The normalized spacial score (nSPS) is 25.1. The van der Waals surface area contributed by atoms with Gasteiger partial charge in [0.15, 0.2) is 12.0 Å². The van der Waals surface area contributed by atoms with Gasteiger partial charge >= 0.3 is 17.8 Å². The quantitative estimate of drug-likeness (QED) is 0.341. The van der Waals surface area contributed by atoms with E-state index in [9.17, 15) is 37.9 Å². The first-order valence-corrected chi connectivity index (χ1v) is 13.7. The number of aliphatic carboxylic acids is 1. The van der Waals surface area contributed by atoms with Crippen molar-refractivity contribution in [3.63, 3.8) is 0 Å². The zero-order chi connectivity index (χ0) is 30.2. The molecule has 4 rings (SSSR count). The fourth-order valence-electron chi connectivity index (χ4n) is 6.17. The van der Waals surface area contributed by atoms with Gasteiger partial charge in [-0.05, 0) is 72.6 Å². The molecule has 2 saturated carbocycles. The van der Waals surface area contributed by atoms with Crippen molar-refractivity contribution in [2.45, 2.75) is 65.5 Å². The van der Waals surface area contributed by atoms with Gasteiger partial charge in [0, 0.05) is 18.0 Å². The average Bonchev–Trinajstić information content (AvgIpc) is 3.32. The SMILES string of the molecule is CC1(C)CC(CN(CC(=O)c2ccccc2C#N)C(=O)C2=C(C(F)(F)F)[N+](=CC3CCC(C)(C(=O)O)CC3)N=C2)C1. The molecule has 1 aliphatic heterocycles. The summed E-state index contributed by atoms with van der Waals surface area (Å²) in [5.41, 5.74) is -2.52. The third kappa shape index (κ3) is 6.58. The number of benzene rings is 1. The van der Waals surface area contributed by atoms with Gasteiger partial charge < -0.3 is 10.0 Å². The molecular formula is C30H34F3N4O4+. The highest BCUT2D eigenvalue weighted by atomic mass is 19.4. The minimum atomic E-state index is -4.91. The number of allylic oxidation sites excluding steroid dienone is 1. The average molecular weight is 572 g/mol. The number of carbonyl (C=O) groups excluding carboxylic acids is 2. The van der Waals surface area contributed by atoms with E-state index in [-0.39, 0.29) is 34.9 Å². The second-order valence-electron chi connectivity index (χ2n) is 12.4. The Bertz CT molecular complexity index is 1370. The summed E-state index contributed by atoms with van der Waals surface area (Å²) in [6.07, 6.45) is 0.186. The fourth-order valence-corrected chi connectivity index (χ4v) is 6.17. The van der Waals surface area contributed by atoms with Crippen LogP contribution >= 0.6 is 0 Å². The second-order valence-corrected chi connectivity index (χ2v) is 12.4. The van der Waals surface area contributed by atoms with Crippen molar-refractivity contribution in [1.82, 2.24) is 4.90 Å². The van der Waals surface area contributed by atoms with Gasteiger partial charge in [-0.1, -0.05) is 32.0 Å². The zero-order valence-corrected chi connectivity index (χ0v) is 23.4. The van der Waals surface area contributed by atoms with Crippen molar-refractivity contribution >= 4 is 30.1 Å². The number of hydrogen-bond donors (Lipinski definition) is 1. The molecule has 0 bridgehead atoms. The highest BCUT2D eigenvalue weighted by Gasteiger charge is 2.52. The Morgan fingerprint density at radius 3 is 2.37 bits per heavy atom. The van der Waals surface area contributed by atoms with E-state index >= 15 is 0 Å². The first-order valence-electron chi connectivity index (χ1n) is 13.7. The maximum Gasteiger partial charge on any atom is 0.481 e. The lowest BCUT2D eigenvalue weighted by Crippen LogP contribution is -2.45. The highest BCUT2D eigenvalue weighted by Crippen LogP contribution is 2.45. The molecule has 1 amide bonds. The van der Waals surface area contributed by atoms with E-state index < -0.39 is 47.1 Å². The van der Waals surface area contributed by atoms with Crippen LogP contribution in [0.5, 0.6) is 0 Å². The van der Waals surface area contributed by atoms with Crippen LogP contribution in [0.4, 0.5) is 13.2 Å². The Labute approximate surface area is 236 Å². The summed E-state index contributed by atoms with van der Waals surface area (Å²) in [6, 6.07) is 8.06.